The van der Waals surface area contributed by atoms with Crippen LogP contribution >= 0.6 is 0 Å². The van der Waals surface area contributed by atoms with E-state index in [1.54, 1.807) is 12.1 Å². The Balaban J connectivity index is 2.00. The van der Waals surface area contributed by atoms with Crippen molar-refractivity contribution in [2.75, 3.05) is 6.54 Å². The van der Waals surface area contributed by atoms with E-state index < -0.39 is 0 Å². The van der Waals surface area contributed by atoms with Gasteiger partial charge in [-0.3, -0.25) is 0 Å². The van der Waals surface area contributed by atoms with Crippen LogP contribution in [0.5, 0.6) is 5.75 Å². The third-order valence-electron chi connectivity index (χ3n) is 2.93. The van der Waals surface area contributed by atoms with E-state index in [1.807, 2.05) is 18.2 Å². The van der Waals surface area contributed by atoms with Crippen LogP contribution in [0.4, 0.5) is 4.39 Å². The summed E-state index contributed by atoms with van der Waals surface area (Å²) < 4.78 is 18.6. The van der Waals surface area contributed by atoms with E-state index in [9.17, 15) is 4.39 Å². The summed E-state index contributed by atoms with van der Waals surface area (Å²) in [6.45, 7) is 4.55. The van der Waals surface area contributed by atoms with Gasteiger partial charge in [0.05, 0.1) is 6.54 Å². The number of hydrogen-bond donors (Lipinski definition) is 1. The van der Waals surface area contributed by atoms with Gasteiger partial charge in [0, 0.05) is 5.56 Å². The molecule has 0 fully saturated rings. The molecule has 2 aromatic carbocycles. The Kier molecular flexibility index (Phi) is 4.93. The zero-order valence-electron chi connectivity index (χ0n) is 11.1. The quantitative estimate of drug-likeness (QED) is 0.848. The van der Waals surface area contributed by atoms with Crippen molar-refractivity contribution >= 4 is 0 Å². The molecule has 0 bridgehead atoms. The minimum Gasteiger partial charge on any atom is -0.488 e. The molecule has 100 valence electrons. The molecular weight excluding hydrogens is 241 g/mol. The third-order valence-corrected chi connectivity index (χ3v) is 2.93. The van der Waals surface area contributed by atoms with Crippen LogP contribution in [0.25, 0.3) is 0 Å². The first-order valence-electron chi connectivity index (χ1n) is 6.56. The predicted molar refractivity (Wildman–Crippen MR) is 73.3 cm³/mol. The van der Waals surface area contributed by atoms with Crippen molar-refractivity contribution in [3.05, 3.63) is 65.5 Å². The van der Waals surface area contributed by atoms with Gasteiger partial charge in [-0.25, -0.2) is 4.39 Å². The average Bonchev–Trinajstić information content (AvgIpc) is 2.45. The molecule has 0 radical (unpaired) electrons. The van der Waals surface area contributed by atoms with Gasteiger partial charge in [0.15, 0.2) is 0 Å². The maximum atomic E-state index is 12.8. The highest BCUT2D eigenvalue weighted by molar-refractivity contribution is 5.32. The lowest BCUT2D eigenvalue weighted by atomic mass is 10.2. The second kappa shape index (κ2) is 6.90. The summed E-state index contributed by atoms with van der Waals surface area (Å²) in [5, 5.41) is 2.22. The van der Waals surface area contributed by atoms with Gasteiger partial charge in [0.1, 0.15) is 24.7 Å². The summed E-state index contributed by atoms with van der Waals surface area (Å²) >= 11 is 0. The molecule has 2 nitrogen and oxygen atoms in total. The van der Waals surface area contributed by atoms with Crippen LogP contribution in [-0.4, -0.2) is 6.54 Å². The number of rotatable bonds is 6. The van der Waals surface area contributed by atoms with Gasteiger partial charge >= 0.3 is 0 Å². The molecule has 0 heterocycles. The molecule has 2 aromatic rings. The fourth-order valence-electron chi connectivity index (χ4n) is 1.85. The average molecular weight is 260 g/mol. The van der Waals surface area contributed by atoms with Crippen molar-refractivity contribution in [3.63, 3.8) is 0 Å². The first kappa shape index (κ1) is 13.6. The molecule has 19 heavy (non-hydrogen) atoms. The second-order valence-electron chi connectivity index (χ2n) is 4.42. The van der Waals surface area contributed by atoms with Gasteiger partial charge in [0.2, 0.25) is 0 Å². The third kappa shape index (κ3) is 4.07. The van der Waals surface area contributed by atoms with E-state index in [0.717, 1.165) is 24.4 Å². The Morgan fingerprint density at radius 1 is 1.05 bits per heavy atom. The summed E-state index contributed by atoms with van der Waals surface area (Å²) in [5.74, 6) is 0.679. The maximum Gasteiger partial charge on any atom is 0.128 e. The minimum atomic E-state index is -0.221. The van der Waals surface area contributed by atoms with Gasteiger partial charge in [-0.2, -0.15) is 0 Å². The van der Waals surface area contributed by atoms with Crippen molar-refractivity contribution in [1.82, 2.24) is 0 Å². The predicted octanol–water partition coefficient (Wildman–Crippen LogP) is 2.49. The van der Waals surface area contributed by atoms with E-state index in [1.165, 1.54) is 17.7 Å². The molecule has 0 saturated heterocycles. The molecule has 3 heteroatoms. The Hall–Kier alpha value is -1.87. The van der Waals surface area contributed by atoms with Crippen molar-refractivity contribution in [3.8, 4) is 5.75 Å². The summed E-state index contributed by atoms with van der Waals surface area (Å²) in [6.07, 6.45) is 0. The van der Waals surface area contributed by atoms with Gasteiger partial charge < -0.3 is 10.1 Å². The van der Waals surface area contributed by atoms with Gasteiger partial charge in [-0.05, 0) is 36.8 Å². The molecule has 0 spiro atoms. The fourth-order valence-corrected chi connectivity index (χ4v) is 1.85. The number of ether oxygens (including phenoxy) is 1. The van der Waals surface area contributed by atoms with E-state index in [4.69, 9.17) is 4.74 Å². The zero-order valence-corrected chi connectivity index (χ0v) is 11.1. The number of quaternary nitrogens is 1. The summed E-state index contributed by atoms with van der Waals surface area (Å²) in [6, 6.07) is 14.4. The fraction of sp³-hybridized carbons (Fsp3) is 0.250. The largest absolute Gasteiger partial charge is 0.488 e. The number of halogens is 1. The smallest absolute Gasteiger partial charge is 0.128 e. The highest BCUT2D eigenvalue weighted by Crippen LogP contribution is 2.18. The normalized spacial score (nSPS) is 10.4. The molecule has 0 aliphatic rings. The molecule has 2 rings (SSSR count). The van der Waals surface area contributed by atoms with E-state index in [0.29, 0.717) is 6.61 Å². The molecular formula is C16H19FNO+. The van der Waals surface area contributed by atoms with Crippen LogP contribution in [-0.2, 0) is 13.2 Å². The Morgan fingerprint density at radius 2 is 1.79 bits per heavy atom. The van der Waals surface area contributed by atoms with Gasteiger partial charge in [-0.15, -0.1) is 0 Å². The van der Waals surface area contributed by atoms with Crippen LogP contribution in [0.15, 0.2) is 48.5 Å². The highest BCUT2D eigenvalue weighted by Gasteiger charge is 2.04. The van der Waals surface area contributed by atoms with Crippen LogP contribution in [0.1, 0.15) is 18.1 Å². The summed E-state index contributed by atoms with van der Waals surface area (Å²) in [7, 11) is 0. The zero-order chi connectivity index (χ0) is 13.5. The Labute approximate surface area is 113 Å². The molecule has 0 amide bonds. The van der Waals surface area contributed by atoms with E-state index >= 15 is 0 Å². The Bertz CT molecular complexity index is 510. The SMILES string of the molecule is CC[NH2+]Cc1ccccc1OCc1ccc(F)cc1. The lowest BCUT2D eigenvalue weighted by Gasteiger charge is -2.10. The van der Waals surface area contributed by atoms with Crippen molar-refractivity contribution in [2.24, 2.45) is 0 Å². The van der Waals surface area contributed by atoms with Crippen LogP contribution in [0.2, 0.25) is 0 Å². The first-order valence-corrected chi connectivity index (χ1v) is 6.56. The van der Waals surface area contributed by atoms with Crippen molar-refractivity contribution < 1.29 is 14.4 Å². The standard InChI is InChI=1S/C16H18FNO/c1-2-18-11-14-5-3-4-6-16(14)19-12-13-7-9-15(17)10-8-13/h3-10,18H,2,11-12H2,1H3/p+1. The number of hydrogen-bond acceptors (Lipinski definition) is 1. The van der Waals surface area contributed by atoms with Crippen LogP contribution in [0.3, 0.4) is 0 Å². The summed E-state index contributed by atoms with van der Waals surface area (Å²) in [4.78, 5) is 0. The molecule has 0 unspecified atom stereocenters. The topological polar surface area (TPSA) is 25.8 Å². The Morgan fingerprint density at radius 3 is 2.53 bits per heavy atom. The van der Waals surface area contributed by atoms with Crippen molar-refractivity contribution in [2.45, 2.75) is 20.1 Å². The lowest BCUT2D eigenvalue weighted by Crippen LogP contribution is -2.81. The molecule has 0 aliphatic heterocycles. The van der Waals surface area contributed by atoms with E-state index in [-0.39, 0.29) is 5.82 Å². The van der Waals surface area contributed by atoms with Crippen LogP contribution < -0.4 is 10.1 Å². The van der Waals surface area contributed by atoms with Gasteiger partial charge in [-0.1, -0.05) is 24.3 Å². The monoisotopic (exact) mass is 260 g/mol. The number of nitrogens with two attached hydrogens (primary N) is 1. The van der Waals surface area contributed by atoms with E-state index in [2.05, 4.69) is 18.3 Å². The molecule has 0 aromatic heterocycles. The highest BCUT2D eigenvalue weighted by atomic mass is 19.1. The molecule has 0 aliphatic carbocycles. The molecule has 0 saturated carbocycles. The molecule has 0 atom stereocenters. The number of benzene rings is 2. The lowest BCUT2D eigenvalue weighted by molar-refractivity contribution is -0.667. The maximum absolute atomic E-state index is 12.8. The number of para-hydroxylation sites is 1. The first-order chi connectivity index (χ1) is 9.29. The van der Waals surface area contributed by atoms with Gasteiger partial charge in [0.25, 0.3) is 0 Å². The summed E-state index contributed by atoms with van der Waals surface area (Å²) in [5.41, 5.74) is 2.15. The second-order valence-corrected chi connectivity index (χ2v) is 4.42. The molecule has 2 N–H and O–H groups in total. The van der Waals surface area contributed by atoms with Crippen molar-refractivity contribution in [1.29, 1.82) is 0 Å². The van der Waals surface area contributed by atoms with Crippen LogP contribution in [0, 0.1) is 5.82 Å². The minimum absolute atomic E-state index is 0.221.